The average molecular weight is 325 g/mol. The Morgan fingerprint density at radius 1 is 1.28 bits per heavy atom. The molecule has 3 nitrogen and oxygen atoms in total. The van der Waals surface area contributed by atoms with E-state index in [1.165, 1.54) is 4.88 Å². The van der Waals surface area contributed by atoms with Crippen LogP contribution >= 0.6 is 27.3 Å². The number of nitrogens with two attached hydrogens (primary N) is 1. The Morgan fingerprint density at radius 3 is 2.56 bits per heavy atom. The van der Waals surface area contributed by atoms with E-state index in [2.05, 4.69) is 26.6 Å². The molecule has 2 rings (SSSR count). The second-order valence-corrected chi connectivity index (χ2v) is 5.74. The predicted molar refractivity (Wildman–Crippen MR) is 78.7 cm³/mol. The van der Waals surface area contributed by atoms with Crippen molar-refractivity contribution in [2.75, 3.05) is 5.32 Å². The number of hydrogen-bond acceptors (Lipinski definition) is 3. The normalized spacial score (nSPS) is 10.3. The van der Waals surface area contributed by atoms with Crippen molar-refractivity contribution in [3.8, 4) is 0 Å². The van der Waals surface area contributed by atoms with Gasteiger partial charge in [-0.1, -0.05) is 12.1 Å². The lowest BCUT2D eigenvalue weighted by atomic mass is 10.1. The zero-order chi connectivity index (χ0) is 13.0. The molecule has 94 valence electrons. The van der Waals surface area contributed by atoms with Crippen LogP contribution in [0.2, 0.25) is 0 Å². The molecule has 18 heavy (non-hydrogen) atoms. The van der Waals surface area contributed by atoms with Crippen LogP contribution < -0.4 is 11.1 Å². The quantitative estimate of drug-likeness (QED) is 0.887. The van der Waals surface area contributed by atoms with E-state index < -0.39 is 0 Å². The molecular formula is C13H13BrN2OS. The van der Waals surface area contributed by atoms with Crippen LogP contribution in [0, 0.1) is 0 Å². The van der Waals surface area contributed by atoms with Crippen molar-refractivity contribution >= 4 is 38.9 Å². The van der Waals surface area contributed by atoms with Crippen LogP contribution in [-0.2, 0) is 17.8 Å². The summed E-state index contributed by atoms with van der Waals surface area (Å²) in [5, 5.41) is 5.39. The molecule has 1 heterocycles. The largest absolute Gasteiger partial charge is 0.380 e. The average Bonchev–Trinajstić information content (AvgIpc) is 2.73. The molecule has 0 fully saturated rings. The van der Waals surface area contributed by atoms with Crippen LogP contribution in [0.25, 0.3) is 0 Å². The predicted octanol–water partition coefficient (Wildman–Crippen LogP) is 3.15. The van der Waals surface area contributed by atoms with Crippen molar-refractivity contribution in [3.63, 3.8) is 0 Å². The first-order valence-electron chi connectivity index (χ1n) is 5.48. The zero-order valence-electron chi connectivity index (χ0n) is 9.65. The molecular weight excluding hydrogens is 312 g/mol. The van der Waals surface area contributed by atoms with Crippen molar-refractivity contribution in [2.45, 2.75) is 13.0 Å². The number of halogens is 1. The van der Waals surface area contributed by atoms with Crippen molar-refractivity contribution in [1.29, 1.82) is 0 Å². The first-order chi connectivity index (χ1) is 8.65. The van der Waals surface area contributed by atoms with E-state index in [0.717, 1.165) is 22.3 Å². The van der Waals surface area contributed by atoms with Crippen molar-refractivity contribution in [2.24, 2.45) is 5.73 Å². The minimum Gasteiger partial charge on any atom is -0.380 e. The third kappa shape index (κ3) is 3.58. The van der Waals surface area contributed by atoms with E-state index in [1.54, 1.807) is 11.3 Å². The maximum atomic E-state index is 10.8. The molecule has 5 heteroatoms. The zero-order valence-corrected chi connectivity index (χ0v) is 12.1. The Morgan fingerprint density at radius 2 is 2.00 bits per heavy atom. The van der Waals surface area contributed by atoms with Crippen molar-refractivity contribution in [1.82, 2.24) is 0 Å². The lowest BCUT2D eigenvalue weighted by molar-refractivity contribution is -0.117. The highest BCUT2D eigenvalue weighted by Crippen LogP contribution is 2.23. The first kappa shape index (κ1) is 13.1. The van der Waals surface area contributed by atoms with Crippen LogP contribution in [0.1, 0.15) is 10.4 Å². The lowest BCUT2D eigenvalue weighted by Gasteiger charge is -2.06. The monoisotopic (exact) mass is 324 g/mol. The summed E-state index contributed by atoms with van der Waals surface area (Å²) in [4.78, 5) is 12.0. The molecule has 3 N–H and O–H groups in total. The van der Waals surface area contributed by atoms with Crippen LogP contribution in [0.15, 0.2) is 40.2 Å². The van der Waals surface area contributed by atoms with E-state index in [4.69, 9.17) is 5.73 Å². The number of carbonyl (C=O) groups is 1. The highest BCUT2D eigenvalue weighted by atomic mass is 79.9. The molecule has 0 saturated heterocycles. The number of rotatable bonds is 5. The first-order valence-corrected chi connectivity index (χ1v) is 7.15. The third-order valence-electron chi connectivity index (χ3n) is 2.48. The molecule has 1 aromatic carbocycles. The van der Waals surface area contributed by atoms with Gasteiger partial charge in [0.15, 0.2) is 0 Å². The Balaban J connectivity index is 1.94. The fourth-order valence-electron chi connectivity index (χ4n) is 1.58. The smallest absolute Gasteiger partial charge is 0.221 e. The standard InChI is InChI=1S/C13H13BrN2OS/c14-11-5-6-18-12(11)8-16-10-3-1-9(2-4-10)7-13(15)17/h1-6,16H,7-8H2,(H2,15,17). The fourth-order valence-corrected chi connectivity index (χ4v) is 3.01. The number of amides is 1. The van der Waals surface area contributed by atoms with E-state index in [1.807, 2.05) is 30.3 Å². The van der Waals surface area contributed by atoms with E-state index >= 15 is 0 Å². The minimum absolute atomic E-state index is 0.288. The number of anilines is 1. The number of carbonyl (C=O) groups excluding carboxylic acids is 1. The Hall–Kier alpha value is -1.33. The number of benzene rings is 1. The van der Waals surface area contributed by atoms with Crippen LogP contribution in [0.4, 0.5) is 5.69 Å². The van der Waals surface area contributed by atoms with Gasteiger partial charge < -0.3 is 11.1 Å². The topological polar surface area (TPSA) is 55.1 Å². The van der Waals surface area contributed by atoms with Gasteiger partial charge in [-0.15, -0.1) is 11.3 Å². The molecule has 2 aromatic rings. The van der Waals surface area contributed by atoms with Gasteiger partial charge in [-0.3, -0.25) is 4.79 Å². The summed E-state index contributed by atoms with van der Waals surface area (Å²) < 4.78 is 1.13. The number of hydrogen-bond donors (Lipinski definition) is 2. The van der Waals surface area contributed by atoms with Gasteiger partial charge in [0.25, 0.3) is 0 Å². The van der Waals surface area contributed by atoms with Crippen LogP contribution in [0.3, 0.4) is 0 Å². The molecule has 1 amide bonds. The molecule has 0 aliphatic heterocycles. The van der Waals surface area contributed by atoms with Gasteiger partial charge in [0.2, 0.25) is 5.91 Å². The van der Waals surface area contributed by atoms with Crippen LogP contribution in [-0.4, -0.2) is 5.91 Å². The molecule has 0 spiro atoms. The summed E-state index contributed by atoms with van der Waals surface area (Å²) in [5.41, 5.74) is 7.11. The van der Waals surface area contributed by atoms with Gasteiger partial charge in [0.05, 0.1) is 13.0 Å². The summed E-state index contributed by atoms with van der Waals surface area (Å²) >= 11 is 5.21. The molecule has 0 bridgehead atoms. The maximum Gasteiger partial charge on any atom is 0.221 e. The Kier molecular flexibility index (Phi) is 4.38. The number of nitrogens with one attached hydrogen (secondary N) is 1. The molecule has 0 aliphatic carbocycles. The fraction of sp³-hybridized carbons (Fsp3) is 0.154. The van der Waals surface area contributed by atoms with Crippen molar-refractivity contribution < 1.29 is 4.79 Å². The van der Waals surface area contributed by atoms with Gasteiger partial charge in [0.1, 0.15) is 0 Å². The van der Waals surface area contributed by atoms with Gasteiger partial charge in [-0.2, -0.15) is 0 Å². The molecule has 0 radical (unpaired) electrons. The lowest BCUT2D eigenvalue weighted by Crippen LogP contribution is -2.13. The summed E-state index contributed by atoms with van der Waals surface area (Å²) in [6.07, 6.45) is 0.288. The number of primary amides is 1. The van der Waals surface area contributed by atoms with Crippen LogP contribution in [0.5, 0.6) is 0 Å². The highest BCUT2D eigenvalue weighted by Gasteiger charge is 2.02. The summed E-state index contributed by atoms with van der Waals surface area (Å²) in [7, 11) is 0. The second kappa shape index (κ2) is 6.02. The molecule has 0 unspecified atom stereocenters. The minimum atomic E-state index is -0.307. The SMILES string of the molecule is NC(=O)Cc1ccc(NCc2sccc2Br)cc1. The van der Waals surface area contributed by atoms with Gasteiger partial charge >= 0.3 is 0 Å². The van der Waals surface area contributed by atoms with Gasteiger partial charge in [-0.05, 0) is 45.1 Å². The Labute approximate surface area is 118 Å². The Bertz CT molecular complexity index is 536. The molecule has 0 aliphatic rings. The van der Waals surface area contributed by atoms with Gasteiger partial charge in [0, 0.05) is 15.0 Å². The molecule has 0 saturated carbocycles. The summed E-state index contributed by atoms with van der Waals surface area (Å²) in [5.74, 6) is -0.307. The summed E-state index contributed by atoms with van der Waals surface area (Å²) in [6, 6.07) is 9.78. The van der Waals surface area contributed by atoms with Gasteiger partial charge in [-0.25, -0.2) is 0 Å². The number of thiophene rings is 1. The van der Waals surface area contributed by atoms with E-state index in [9.17, 15) is 4.79 Å². The van der Waals surface area contributed by atoms with E-state index in [-0.39, 0.29) is 12.3 Å². The third-order valence-corrected chi connectivity index (χ3v) is 4.40. The van der Waals surface area contributed by atoms with E-state index in [0.29, 0.717) is 0 Å². The molecule has 0 atom stereocenters. The maximum absolute atomic E-state index is 10.8. The summed E-state index contributed by atoms with van der Waals surface area (Å²) in [6.45, 7) is 0.785. The second-order valence-electron chi connectivity index (χ2n) is 3.89. The van der Waals surface area contributed by atoms with Crippen molar-refractivity contribution in [3.05, 3.63) is 50.6 Å². The highest BCUT2D eigenvalue weighted by molar-refractivity contribution is 9.10. The molecule has 1 aromatic heterocycles.